The molecule has 1 heterocycles. The Labute approximate surface area is 147 Å². The predicted octanol–water partition coefficient (Wildman–Crippen LogP) is 2.76. The molecule has 1 saturated heterocycles. The number of carbonyl (C=O) groups is 3. The average Bonchev–Trinajstić information content (AvgIpc) is 2.91. The van der Waals surface area contributed by atoms with Gasteiger partial charge in [-0.15, -0.1) is 0 Å². The van der Waals surface area contributed by atoms with Crippen molar-refractivity contribution in [3.8, 4) is 0 Å². The van der Waals surface area contributed by atoms with Gasteiger partial charge in [0.05, 0.1) is 12.7 Å². The lowest BCUT2D eigenvalue weighted by Gasteiger charge is -2.18. The monoisotopic (exact) mass is 344 g/mol. The zero-order valence-corrected chi connectivity index (χ0v) is 14.7. The molecule has 2 rings (SSSR count). The molecule has 0 bridgehead atoms. The second-order valence-corrected chi connectivity index (χ2v) is 6.09. The lowest BCUT2D eigenvalue weighted by molar-refractivity contribution is -0.126. The Morgan fingerprint density at radius 3 is 2.20 bits per heavy atom. The van der Waals surface area contributed by atoms with Gasteiger partial charge in [-0.25, -0.2) is 4.79 Å². The van der Waals surface area contributed by atoms with Crippen molar-refractivity contribution in [1.29, 1.82) is 0 Å². The normalized spacial score (nSPS) is 15.3. The Hall–Kier alpha value is -2.63. The van der Waals surface area contributed by atoms with Crippen molar-refractivity contribution < 1.29 is 19.1 Å². The standard InChI is InChI=1S/C19H24N2O4/c1-14(13-17(22)21-11-5-3-4-6-12-21)18(23)20-16-9-7-15(8-10-16)19(24)25-2/h7-10,13H,3-6,11-12H2,1-2H3,(H,20,23)/b14-13+. The van der Waals surface area contributed by atoms with E-state index in [1.54, 1.807) is 36.1 Å². The Bertz CT molecular complexity index is 657. The number of methoxy groups -OCH3 is 1. The van der Waals surface area contributed by atoms with Crippen molar-refractivity contribution in [2.45, 2.75) is 32.6 Å². The highest BCUT2D eigenvalue weighted by molar-refractivity contribution is 6.07. The van der Waals surface area contributed by atoms with E-state index in [0.717, 1.165) is 38.8 Å². The lowest BCUT2D eigenvalue weighted by Crippen LogP contribution is -2.31. The molecule has 1 fully saturated rings. The molecular weight excluding hydrogens is 320 g/mol. The van der Waals surface area contributed by atoms with Gasteiger partial charge in [-0.2, -0.15) is 0 Å². The molecule has 25 heavy (non-hydrogen) atoms. The SMILES string of the molecule is COC(=O)c1ccc(NC(=O)/C(C)=C/C(=O)N2CCCCCC2)cc1. The molecule has 0 atom stereocenters. The van der Waals surface area contributed by atoms with Crippen LogP contribution in [0.2, 0.25) is 0 Å². The van der Waals surface area contributed by atoms with Gasteiger partial charge in [0, 0.05) is 30.4 Å². The zero-order valence-electron chi connectivity index (χ0n) is 14.7. The fourth-order valence-corrected chi connectivity index (χ4v) is 2.67. The molecular formula is C19H24N2O4. The summed E-state index contributed by atoms with van der Waals surface area (Å²) in [5.41, 5.74) is 1.31. The van der Waals surface area contributed by atoms with Crippen LogP contribution in [0, 0.1) is 0 Å². The molecule has 0 saturated carbocycles. The summed E-state index contributed by atoms with van der Waals surface area (Å²) in [6.45, 7) is 3.12. The van der Waals surface area contributed by atoms with Gasteiger partial charge < -0.3 is 15.0 Å². The van der Waals surface area contributed by atoms with Crippen LogP contribution < -0.4 is 5.32 Å². The molecule has 6 nitrogen and oxygen atoms in total. The van der Waals surface area contributed by atoms with Crippen LogP contribution in [0.15, 0.2) is 35.9 Å². The molecule has 0 aliphatic carbocycles. The van der Waals surface area contributed by atoms with Crippen LogP contribution in [0.25, 0.3) is 0 Å². The fourth-order valence-electron chi connectivity index (χ4n) is 2.67. The number of rotatable bonds is 4. The Kier molecular flexibility index (Phi) is 6.74. The lowest BCUT2D eigenvalue weighted by atomic mass is 10.2. The number of likely N-dealkylation sites (tertiary alicyclic amines) is 1. The number of hydrogen-bond acceptors (Lipinski definition) is 4. The summed E-state index contributed by atoms with van der Waals surface area (Å²) in [6.07, 6.45) is 5.71. The van der Waals surface area contributed by atoms with Crippen LogP contribution in [-0.4, -0.2) is 42.9 Å². The van der Waals surface area contributed by atoms with Gasteiger partial charge in [0.1, 0.15) is 0 Å². The van der Waals surface area contributed by atoms with E-state index in [0.29, 0.717) is 16.8 Å². The molecule has 134 valence electrons. The minimum atomic E-state index is -0.433. The van der Waals surface area contributed by atoms with Crippen molar-refractivity contribution >= 4 is 23.5 Å². The second kappa shape index (κ2) is 9.01. The molecule has 0 aromatic heterocycles. The molecule has 1 aliphatic heterocycles. The van der Waals surface area contributed by atoms with Crippen LogP contribution >= 0.6 is 0 Å². The van der Waals surface area contributed by atoms with Gasteiger partial charge in [0.2, 0.25) is 5.91 Å². The van der Waals surface area contributed by atoms with Gasteiger partial charge in [0.25, 0.3) is 5.91 Å². The van der Waals surface area contributed by atoms with Crippen molar-refractivity contribution in [3.05, 3.63) is 41.5 Å². The first-order valence-corrected chi connectivity index (χ1v) is 8.48. The van der Waals surface area contributed by atoms with Crippen molar-refractivity contribution in [2.24, 2.45) is 0 Å². The molecule has 6 heteroatoms. The van der Waals surface area contributed by atoms with E-state index >= 15 is 0 Å². The first-order valence-electron chi connectivity index (χ1n) is 8.48. The number of nitrogens with zero attached hydrogens (tertiary/aromatic N) is 1. The van der Waals surface area contributed by atoms with E-state index in [-0.39, 0.29) is 11.8 Å². The molecule has 1 aromatic carbocycles. The molecule has 0 unspecified atom stereocenters. The van der Waals surface area contributed by atoms with Crippen LogP contribution in [0.3, 0.4) is 0 Å². The number of esters is 1. The molecule has 2 amide bonds. The zero-order chi connectivity index (χ0) is 18.2. The summed E-state index contributed by atoms with van der Waals surface area (Å²) in [5, 5.41) is 2.72. The third-order valence-electron chi connectivity index (χ3n) is 4.18. The van der Waals surface area contributed by atoms with Crippen LogP contribution in [-0.2, 0) is 14.3 Å². The Morgan fingerprint density at radius 2 is 1.64 bits per heavy atom. The van der Waals surface area contributed by atoms with Gasteiger partial charge in [-0.3, -0.25) is 9.59 Å². The number of nitrogens with one attached hydrogen (secondary N) is 1. The molecule has 1 N–H and O–H groups in total. The molecule has 0 radical (unpaired) electrons. The van der Waals surface area contributed by atoms with E-state index in [2.05, 4.69) is 10.1 Å². The molecule has 0 spiro atoms. The number of amides is 2. The van der Waals surface area contributed by atoms with Gasteiger partial charge >= 0.3 is 5.97 Å². The van der Waals surface area contributed by atoms with E-state index in [1.165, 1.54) is 13.2 Å². The Balaban J connectivity index is 1.96. The Morgan fingerprint density at radius 1 is 1.04 bits per heavy atom. The average molecular weight is 344 g/mol. The van der Waals surface area contributed by atoms with Gasteiger partial charge in [-0.05, 0) is 44.0 Å². The third-order valence-corrected chi connectivity index (χ3v) is 4.18. The maximum absolute atomic E-state index is 12.3. The smallest absolute Gasteiger partial charge is 0.337 e. The quantitative estimate of drug-likeness (QED) is 0.673. The van der Waals surface area contributed by atoms with E-state index in [1.807, 2.05) is 0 Å². The molecule has 1 aliphatic rings. The van der Waals surface area contributed by atoms with Crippen LogP contribution in [0.5, 0.6) is 0 Å². The van der Waals surface area contributed by atoms with Crippen molar-refractivity contribution in [2.75, 3.05) is 25.5 Å². The summed E-state index contributed by atoms with van der Waals surface area (Å²) in [5.74, 6) is -0.887. The largest absolute Gasteiger partial charge is 0.465 e. The highest BCUT2D eigenvalue weighted by atomic mass is 16.5. The maximum atomic E-state index is 12.3. The number of carbonyl (C=O) groups excluding carboxylic acids is 3. The second-order valence-electron chi connectivity index (χ2n) is 6.09. The number of benzene rings is 1. The first-order chi connectivity index (χ1) is 12.0. The summed E-state index contributed by atoms with van der Waals surface area (Å²) < 4.78 is 4.63. The summed E-state index contributed by atoms with van der Waals surface area (Å²) >= 11 is 0. The predicted molar refractivity (Wildman–Crippen MR) is 95.2 cm³/mol. The highest BCUT2D eigenvalue weighted by Crippen LogP contribution is 2.13. The topological polar surface area (TPSA) is 75.7 Å². The van der Waals surface area contributed by atoms with E-state index in [9.17, 15) is 14.4 Å². The first kappa shape index (κ1) is 18.7. The fraction of sp³-hybridized carbons (Fsp3) is 0.421. The summed E-state index contributed by atoms with van der Waals surface area (Å²) in [7, 11) is 1.31. The number of hydrogen-bond donors (Lipinski definition) is 1. The van der Waals surface area contributed by atoms with E-state index in [4.69, 9.17) is 0 Å². The van der Waals surface area contributed by atoms with Crippen molar-refractivity contribution in [3.63, 3.8) is 0 Å². The maximum Gasteiger partial charge on any atom is 0.337 e. The van der Waals surface area contributed by atoms with Crippen LogP contribution in [0.1, 0.15) is 43.0 Å². The summed E-state index contributed by atoms with van der Waals surface area (Å²) in [6, 6.07) is 6.38. The van der Waals surface area contributed by atoms with Crippen LogP contribution in [0.4, 0.5) is 5.69 Å². The summed E-state index contributed by atoms with van der Waals surface area (Å²) in [4.78, 5) is 37.7. The minimum absolute atomic E-state index is 0.115. The van der Waals surface area contributed by atoms with E-state index < -0.39 is 5.97 Å². The third kappa shape index (κ3) is 5.45. The highest BCUT2D eigenvalue weighted by Gasteiger charge is 2.15. The number of anilines is 1. The number of ether oxygens (including phenoxy) is 1. The minimum Gasteiger partial charge on any atom is -0.465 e. The molecule has 1 aromatic rings. The van der Waals surface area contributed by atoms with Gasteiger partial charge in [0.15, 0.2) is 0 Å². The van der Waals surface area contributed by atoms with Crippen molar-refractivity contribution in [1.82, 2.24) is 4.90 Å². The van der Waals surface area contributed by atoms with Gasteiger partial charge in [-0.1, -0.05) is 12.8 Å².